The molecule has 2 rings (SSSR count). The van der Waals surface area contributed by atoms with Crippen molar-refractivity contribution in [1.29, 1.82) is 0 Å². The molecule has 0 aliphatic rings. The highest BCUT2D eigenvalue weighted by molar-refractivity contribution is 7.99. The van der Waals surface area contributed by atoms with Gasteiger partial charge in [-0.1, -0.05) is 47.6 Å². The van der Waals surface area contributed by atoms with E-state index in [1.54, 1.807) is 11.8 Å². The first-order valence-corrected chi connectivity index (χ1v) is 11.6. The molecule has 1 aromatic carbocycles. The van der Waals surface area contributed by atoms with Crippen LogP contribution in [0.5, 0.6) is 0 Å². The number of para-hydroxylation sites is 2. The highest BCUT2D eigenvalue weighted by Gasteiger charge is 2.09. The minimum atomic E-state index is 0.0351. The molecule has 0 bridgehead atoms. The number of fused-ring (bicyclic) bond motifs is 1. The molecule has 0 spiro atoms. The summed E-state index contributed by atoms with van der Waals surface area (Å²) in [6.07, 6.45) is 0. The Hall–Kier alpha value is -2.08. The lowest BCUT2D eigenvalue weighted by atomic mass is 10.3. The molecular weight excluding hydrogens is 428 g/mol. The van der Waals surface area contributed by atoms with Crippen LogP contribution >= 0.6 is 11.8 Å². The molecule has 0 aliphatic carbocycles. The molecule has 32 heavy (non-hydrogen) atoms. The monoisotopic (exact) mass is 460 g/mol. The zero-order valence-corrected chi connectivity index (χ0v) is 19.1. The summed E-state index contributed by atoms with van der Waals surface area (Å²) < 4.78 is 2.07. The summed E-state index contributed by atoms with van der Waals surface area (Å²) in [5.74, 6) is 13.1. The molecule has 0 fully saturated rings. The number of aromatic nitrogens is 2. The van der Waals surface area contributed by atoms with Crippen LogP contribution in [-0.4, -0.2) is 111 Å². The van der Waals surface area contributed by atoms with Gasteiger partial charge < -0.3 is 25.0 Å². The van der Waals surface area contributed by atoms with E-state index in [1.165, 1.54) is 0 Å². The topological polar surface area (TPSA) is 105 Å². The van der Waals surface area contributed by atoms with Crippen molar-refractivity contribution in [2.45, 2.75) is 11.7 Å². The standard InChI is InChI=1S/C23H32N4O4S/c28-16-12-25(13-17-29)9-3-4-11-27-22-8-2-1-7-21(22)24-23(27)32-20-6-5-10-26(14-18-30)15-19-31/h1-2,7-8,28-31H,9-20H2. The second kappa shape index (κ2) is 15.7. The second-order valence-corrected chi connectivity index (χ2v) is 7.85. The van der Waals surface area contributed by atoms with Crippen molar-refractivity contribution in [3.05, 3.63) is 24.3 Å². The van der Waals surface area contributed by atoms with Crippen LogP contribution < -0.4 is 0 Å². The van der Waals surface area contributed by atoms with Gasteiger partial charge in [-0.05, 0) is 12.1 Å². The number of aliphatic hydroxyl groups is 4. The molecule has 1 heterocycles. The molecule has 0 saturated carbocycles. The Kier molecular flexibility index (Phi) is 12.8. The molecule has 4 N–H and O–H groups in total. The minimum Gasteiger partial charge on any atom is -0.395 e. The minimum absolute atomic E-state index is 0.0351. The summed E-state index contributed by atoms with van der Waals surface area (Å²) in [5.41, 5.74) is 1.92. The molecular formula is C23H32N4O4S. The number of rotatable bonds is 13. The third-order valence-corrected chi connectivity index (χ3v) is 5.51. The number of hydrogen-bond acceptors (Lipinski definition) is 8. The summed E-state index contributed by atoms with van der Waals surface area (Å²) in [5, 5.41) is 37.2. The van der Waals surface area contributed by atoms with Crippen molar-refractivity contribution in [3.8, 4) is 23.7 Å². The summed E-state index contributed by atoms with van der Waals surface area (Å²) >= 11 is 1.55. The van der Waals surface area contributed by atoms with E-state index in [4.69, 9.17) is 25.4 Å². The maximum Gasteiger partial charge on any atom is 0.170 e. The number of hydrogen-bond donors (Lipinski definition) is 4. The van der Waals surface area contributed by atoms with Gasteiger partial charge in [0.15, 0.2) is 5.16 Å². The van der Waals surface area contributed by atoms with Gasteiger partial charge in [-0.3, -0.25) is 9.80 Å². The van der Waals surface area contributed by atoms with Gasteiger partial charge in [-0.25, -0.2) is 4.98 Å². The normalized spacial score (nSPS) is 10.9. The number of nitrogens with zero attached hydrogens (tertiary/aromatic N) is 4. The molecule has 0 saturated heterocycles. The molecule has 1 aromatic heterocycles. The van der Waals surface area contributed by atoms with Crippen molar-refractivity contribution >= 4 is 22.8 Å². The van der Waals surface area contributed by atoms with Crippen LogP contribution in [-0.2, 0) is 6.54 Å². The molecule has 0 unspecified atom stereocenters. The summed E-state index contributed by atoms with van der Waals surface area (Å²) in [7, 11) is 0. The van der Waals surface area contributed by atoms with E-state index >= 15 is 0 Å². The Morgan fingerprint density at radius 2 is 1.34 bits per heavy atom. The van der Waals surface area contributed by atoms with Crippen LogP contribution in [0.3, 0.4) is 0 Å². The van der Waals surface area contributed by atoms with Crippen molar-refractivity contribution in [2.24, 2.45) is 0 Å². The van der Waals surface area contributed by atoms with E-state index in [2.05, 4.69) is 28.2 Å². The molecule has 9 heteroatoms. The second-order valence-electron chi connectivity index (χ2n) is 6.91. The van der Waals surface area contributed by atoms with E-state index in [1.807, 2.05) is 34.1 Å². The summed E-state index contributed by atoms with van der Waals surface area (Å²) in [4.78, 5) is 8.52. The first-order valence-electron chi connectivity index (χ1n) is 10.6. The zero-order chi connectivity index (χ0) is 23.0. The first kappa shape index (κ1) is 26.2. The van der Waals surface area contributed by atoms with Crippen LogP contribution in [0, 0.1) is 23.7 Å². The van der Waals surface area contributed by atoms with Crippen molar-refractivity contribution < 1.29 is 20.4 Å². The Morgan fingerprint density at radius 3 is 1.94 bits per heavy atom. The molecule has 0 atom stereocenters. The predicted molar refractivity (Wildman–Crippen MR) is 127 cm³/mol. The third kappa shape index (κ3) is 8.81. The molecule has 8 nitrogen and oxygen atoms in total. The fraction of sp³-hybridized carbons (Fsp3) is 0.522. The van der Waals surface area contributed by atoms with Crippen LogP contribution in [0.2, 0.25) is 0 Å². The highest BCUT2D eigenvalue weighted by atomic mass is 32.2. The van der Waals surface area contributed by atoms with Gasteiger partial charge in [-0.2, -0.15) is 0 Å². The van der Waals surface area contributed by atoms with Gasteiger partial charge in [0.1, 0.15) is 0 Å². The molecule has 0 amide bonds. The first-order chi connectivity index (χ1) is 15.7. The summed E-state index contributed by atoms with van der Waals surface area (Å²) in [6.45, 7) is 3.58. The van der Waals surface area contributed by atoms with E-state index in [0.717, 1.165) is 16.2 Å². The fourth-order valence-corrected chi connectivity index (χ4v) is 3.83. The molecule has 0 aliphatic heterocycles. The van der Waals surface area contributed by atoms with E-state index in [9.17, 15) is 0 Å². The number of benzene rings is 1. The Morgan fingerprint density at radius 1 is 0.781 bits per heavy atom. The Labute approximate surface area is 193 Å². The Bertz CT molecular complexity index is 917. The van der Waals surface area contributed by atoms with Crippen molar-refractivity contribution in [2.75, 3.05) is 71.4 Å². The van der Waals surface area contributed by atoms with E-state index in [0.29, 0.717) is 51.6 Å². The van der Waals surface area contributed by atoms with Gasteiger partial charge in [0, 0.05) is 26.2 Å². The van der Waals surface area contributed by atoms with Crippen molar-refractivity contribution in [3.63, 3.8) is 0 Å². The largest absolute Gasteiger partial charge is 0.395 e. The third-order valence-electron chi connectivity index (χ3n) is 4.65. The van der Waals surface area contributed by atoms with E-state index in [-0.39, 0.29) is 26.4 Å². The smallest absolute Gasteiger partial charge is 0.170 e. The molecule has 2 aromatic rings. The van der Waals surface area contributed by atoms with Crippen LogP contribution in [0.15, 0.2) is 29.4 Å². The number of imidazole rings is 1. The zero-order valence-electron chi connectivity index (χ0n) is 18.3. The fourth-order valence-electron chi connectivity index (χ4n) is 3.04. The molecule has 174 valence electrons. The summed E-state index contributed by atoms with van der Waals surface area (Å²) in [6, 6.07) is 7.92. The lowest BCUT2D eigenvalue weighted by Crippen LogP contribution is -2.30. The number of aliphatic hydroxyl groups excluding tert-OH is 4. The van der Waals surface area contributed by atoms with Gasteiger partial charge in [0.2, 0.25) is 0 Å². The van der Waals surface area contributed by atoms with E-state index < -0.39 is 0 Å². The van der Waals surface area contributed by atoms with Crippen LogP contribution in [0.4, 0.5) is 0 Å². The maximum absolute atomic E-state index is 9.11. The lowest BCUT2D eigenvalue weighted by molar-refractivity contribution is 0.173. The molecule has 0 radical (unpaired) electrons. The van der Waals surface area contributed by atoms with Gasteiger partial charge in [0.05, 0.1) is 62.8 Å². The van der Waals surface area contributed by atoms with Gasteiger partial charge in [-0.15, -0.1) is 0 Å². The van der Waals surface area contributed by atoms with Gasteiger partial charge in [0.25, 0.3) is 0 Å². The van der Waals surface area contributed by atoms with Crippen molar-refractivity contribution in [1.82, 2.24) is 19.4 Å². The number of thioether (sulfide) groups is 1. The Balaban J connectivity index is 2.02. The van der Waals surface area contributed by atoms with Crippen LogP contribution in [0.1, 0.15) is 0 Å². The van der Waals surface area contributed by atoms with Gasteiger partial charge >= 0.3 is 0 Å². The predicted octanol–water partition coefficient (Wildman–Crippen LogP) is -0.292. The SMILES string of the molecule is OCCN(CC#CCSc1nc2ccccc2n1CC#CCN(CCO)CCO)CCO. The quantitative estimate of drug-likeness (QED) is 0.239. The maximum atomic E-state index is 9.11. The highest BCUT2D eigenvalue weighted by Crippen LogP contribution is 2.23. The average molecular weight is 461 g/mol. The lowest BCUT2D eigenvalue weighted by Gasteiger charge is -2.16. The van der Waals surface area contributed by atoms with Crippen LogP contribution in [0.25, 0.3) is 11.0 Å². The average Bonchev–Trinajstić information content (AvgIpc) is 3.14.